The molecule has 1 unspecified atom stereocenters. The molecular weight excluding hydrogens is 380 g/mol. The largest absolute Gasteiger partial charge is 0.507 e. The standard InChI is InChI=1S/C25H20O3S/c1-25(19-13-7-3-8-14-19,29-20-15-9-4-10-16-20)23-21(26)17-22(28-24(23)27)18-11-5-2-6-12-18/h2-17,26H,1H3. The van der Waals surface area contributed by atoms with Crippen molar-refractivity contribution in [1.29, 1.82) is 0 Å². The van der Waals surface area contributed by atoms with Crippen molar-refractivity contribution in [2.24, 2.45) is 0 Å². The van der Waals surface area contributed by atoms with Crippen LogP contribution in [-0.4, -0.2) is 5.11 Å². The first kappa shape index (κ1) is 19.1. The Kier molecular flexibility index (Phi) is 5.28. The smallest absolute Gasteiger partial charge is 0.344 e. The lowest BCUT2D eigenvalue weighted by molar-refractivity contribution is 0.434. The first-order chi connectivity index (χ1) is 14.1. The number of hydrogen-bond donors (Lipinski definition) is 1. The molecule has 29 heavy (non-hydrogen) atoms. The van der Waals surface area contributed by atoms with E-state index >= 15 is 0 Å². The van der Waals surface area contributed by atoms with Crippen LogP contribution in [0.1, 0.15) is 18.1 Å². The second kappa shape index (κ2) is 8.02. The van der Waals surface area contributed by atoms with Gasteiger partial charge in [0.05, 0.1) is 10.3 Å². The molecule has 0 aliphatic rings. The maximum absolute atomic E-state index is 13.1. The van der Waals surface area contributed by atoms with E-state index in [1.54, 1.807) is 0 Å². The number of benzene rings is 3. The van der Waals surface area contributed by atoms with Crippen LogP contribution in [0, 0.1) is 0 Å². The van der Waals surface area contributed by atoms with E-state index in [9.17, 15) is 9.90 Å². The third kappa shape index (κ3) is 3.84. The van der Waals surface area contributed by atoms with E-state index in [2.05, 4.69) is 0 Å². The van der Waals surface area contributed by atoms with Gasteiger partial charge >= 0.3 is 5.63 Å². The van der Waals surface area contributed by atoms with Gasteiger partial charge in [0, 0.05) is 16.5 Å². The Bertz CT molecular complexity index is 1160. The third-order valence-corrected chi connectivity index (χ3v) is 6.21. The number of thioether (sulfide) groups is 1. The van der Waals surface area contributed by atoms with Gasteiger partial charge in [0.15, 0.2) is 0 Å². The van der Waals surface area contributed by atoms with Gasteiger partial charge in [-0.2, -0.15) is 0 Å². The van der Waals surface area contributed by atoms with Gasteiger partial charge in [-0.15, -0.1) is 11.8 Å². The van der Waals surface area contributed by atoms with Gasteiger partial charge in [-0.25, -0.2) is 4.79 Å². The molecule has 0 aliphatic heterocycles. The molecule has 144 valence electrons. The van der Waals surface area contributed by atoms with Crippen LogP contribution in [-0.2, 0) is 4.75 Å². The molecule has 0 radical (unpaired) electrons. The van der Waals surface area contributed by atoms with E-state index in [0.29, 0.717) is 5.76 Å². The fourth-order valence-corrected chi connectivity index (χ4v) is 4.71. The minimum Gasteiger partial charge on any atom is -0.507 e. The quantitative estimate of drug-likeness (QED) is 0.413. The zero-order valence-electron chi connectivity index (χ0n) is 15.9. The number of rotatable bonds is 5. The predicted molar refractivity (Wildman–Crippen MR) is 117 cm³/mol. The zero-order valence-corrected chi connectivity index (χ0v) is 16.7. The molecule has 1 N–H and O–H groups in total. The summed E-state index contributed by atoms with van der Waals surface area (Å²) in [6, 6.07) is 30.3. The van der Waals surface area contributed by atoms with Crippen molar-refractivity contribution in [2.45, 2.75) is 16.6 Å². The third-order valence-electron chi connectivity index (χ3n) is 4.86. The van der Waals surface area contributed by atoms with E-state index in [-0.39, 0.29) is 11.3 Å². The Morgan fingerprint density at radius 3 is 1.97 bits per heavy atom. The molecule has 1 heterocycles. The molecule has 4 rings (SSSR count). The molecular formula is C25H20O3S. The molecule has 3 nitrogen and oxygen atoms in total. The minimum atomic E-state index is -0.831. The van der Waals surface area contributed by atoms with Crippen molar-refractivity contribution >= 4 is 11.8 Å². The highest BCUT2D eigenvalue weighted by molar-refractivity contribution is 8.00. The summed E-state index contributed by atoms with van der Waals surface area (Å²) < 4.78 is 4.82. The normalized spacial score (nSPS) is 13.0. The molecule has 1 atom stereocenters. The number of aromatic hydroxyl groups is 1. The molecule has 4 heteroatoms. The molecule has 0 saturated heterocycles. The molecule has 0 bridgehead atoms. The maximum Gasteiger partial charge on any atom is 0.344 e. The van der Waals surface area contributed by atoms with Crippen LogP contribution in [0.3, 0.4) is 0 Å². The van der Waals surface area contributed by atoms with E-state index in [4.69, 9.17) is 4.42 Å². The lowest BCUT2D eigenvalue weighted by Crippen LogP contribution is -2.27. The monoisotopic (exact) mass is 400 g/mol. The molecule has 3 aromatic carbocycles. The lowest BCUT2D eigenvalue weighted by atomic mass is 9.92. The van der Waals surface area contributed by atoms with E-state index in [0.717, 1.165) is 16.0 Å². The Labute approximate surface area is 173 Å². The Balaban J connectivity index is 1.88. The number of hydrogen-bond acceptors (Lipinski definition) is 4. The van der Waals surface area contributed by atoms with Crippen LogP contribution in [0.5, 0.6) is 5.75 Å². The summed E-state index contributed by atoms with van der Waals surface area (Å²) in [4.78, 5) is 14.1. The summed E-state index contributed by atoms with van der Waals surface area (Å²) in [5.74, 6) is 0.270. The van der Waals surface area contributed by atoms with Crippen molar-refractivity contribution < 1.29 is 9.52 Å². The summed E-state index contributed by atoms with van der Waals surface area (Å²) in [5.41, 5.74) is 1.34. The summed E-state index contributed by atoms with van der Waals surface area (Å²) >= 11 is 1.51. The minimum absolute atomic E-state index is 0.0742. The maximum atomic E-state index is 13.1. The zero-order chi connectivity index (χ0) is 20.3. The molecule has 1 aromatic heterocycles. The Morgan fingerprint density at radius 2 is 1.38 bits per heavy atom. The summed E-state index contributed by atoms with van der Waals surface area (Å²) in [7, 11) is 0. The summed E-state index contributed by atoms with van der Waals surface area (Å²) in [6.45, 7) is 1.94. The van der Waals surface area contributed by atoms with Crippen molar-refractivity contribution in [3.8, 4) is 17.1 Å². The van der Waals surface area contributed by atoms with Gasteiger partial charge in [-0.3, -0.25) is 0 Å². The van der Waals surface area contributed by atoms with Crippen molar-refractivity contribution in [2.75, 3.05) is 0 Å². The fourth-order valence-electron chi connectivity index (χ4n) is 3.40. The van der Waals surface area contributed by atoms with Crippen LogP contribution < -0.4 is 5.63 Å². The first-order valence-corrected chi connectivity index (χ1v) is 10.1. The lowest BCUT2D eigenvalue weighted by Gasteiger charge is -2.29. The fraction of sp³-hybridized carbons (Fsp3) is 0.0800. The molecule has 0 fully saturated rings. The van der Waals surface area contributed by atoms with E-state index in [1.165, 1.54) is 17.8 Å². The topological polar surface area (TPSA) is 50.4 Å². The molecule has 0 aliphatic carbocycles. The van der Waals surface area contributed by atoms with Crippen LogP contribution in [0.25, 0.3) is 11.3 Å². The highest BCUT2D eigenvalue weighted by Gasteiger charge is 2.37. The van der Waals surface area contributed by atoms with Crippen LogP contribution >= 0.6 is 11.8 Å². The van der Waals surface area contributed by atoms with Crippen molar-refractivity contribution in [3.05, 3.63) is 119 Å². The summed E-state index contributed by atoms with van der Waals surface area (Å²) in [5, 5.41) is 10.9. The van der Waals surface area contributed by atoms with Gasteiger partial charge in [0.25, 0.3) is 0 Å². The molecule has 0 amide bonds. The highest BCUT2D eigenvalue weighted by Crippen LogP contribution is 2.48. The SMILES string of the molecule is CC(Sc1ccccc1)(c1ccccc1)c1c(O)cc(-c2ccccc2)oc1=O. The van der Waals surface area contributed by atoms with Gasteiger partial charge in [-0.1, -0.05) is 78.9 Å². The van der Waals surface area contributed by atoms with Crippen molar-refractivity contribution in [1.82, 2.24) is 0 Å². The van der Waals surface area contributed by atoms with Crippen LogP contribution in [0.2, 0.25) is 0 Å². The van der Waals surface area contributed by atoms with Gasteiger partial charge in [0.2, 0.25) is 0 Å². The van der Waals surface area contributed by atoms with Gasteiger partial charge in [0.1, 0.15) is 11.5 Å². The average molecular weight is 400 g/mol. The van der Waals surface area contributed by atoms with E-state index in [1.807, 2.05) is 97.9 Å². The molecule has 4 aromatic rings. The second-order valence-electron chi connectivity index (χ2n) is 6.84. The van der Waals surface area contributed by atoms with Gasteiger partial charge < -0.3 is 9.52 Å². The van der Waals surface area contributed by atoms with Crippen molar-refractivity contribution in [3.63, 3.8) is 0 Å². The van der Waals surface area contributed by atoms with E-state index < -0.39 is 10.4 Å². The van der Waals surface area contributed by atoms with Crippen LogP contribution in [0.15, 0.2) is 111 Å². The first-order valence-electron chi connectivity index (χ1n) is 9.30. The molecule has 0 spiro atoms. The predicted octanol–water partition coefficient (Wildman–Crippen LogP) is 6.07. The Hall–Kier alpha value is -3.24. The second-order valence-corrected chi connectivity index (χ2v) is 8.33. The average Bonchev–Trinajstić information content (AvgIpc) is 2.75. The summed E-state index contributed by atoms with van der Waals surface area (Å²) in [6.07, 6.45) is 0. The Morgan fingerprint density at radius 1 is 0.828 bits per heavy atom. The van der Waals surface area contributed by atoms with Gasteiger partial charge in [-0.05, 0) is 24.6 Å². The molecule has 0 saturated carbocycles. The van der Waals surface area contributed by atoms with Crippen LogP contribution in [0.4, 0.5) is 0 Å². The highest BCUT2D eigenvalue weighted by atomic mass is 32.2.